The molecule has 0 aromatic heterocycles. The SMILES string of the molecule is CC[C@H](C)[C@@H]1NC(=O)[C@@H]2CCCN2C(=O)[C@@H]2CCCN2C(=O)[C@H]([C@@H](C)CC)NC(=O)[C@H](CO)NC(=O)[C@H](CCCCN)NC(=O)[C@H](CCCCN)NC(=O)[C@@H]2CSSC[C@H](NC1=O)C(=O)N[C@@H](Cc1ccccc1)C(=O)N[C@@H](CCCCN)C(=O)N[C@@H](CCCN=C(N)N)C(=O)N[C@@H](CCCN=C(N)N)C(=O)N2. The summed E-state index contributed by atoms with van der Waals surface area (Å²) in [6.45, 7) is 6.77. The predicted octanol–water partition coefficient (Wildman–Crippen LogP) is -4.47. The number of rotatable bonds is 27. The van der Waals surface area contributed by atoms with Gasteiger partial charge in [-0.1, -0.05) is 92.5 Å². The number of fused-ring (bicyclic) bond motifs is 7. The number of carbonyl (C=O) groups excluding carboxylic acids is 13. The first kappa shape index (κ1) is 90.0. The van der Waals surface area contributed by atoms with E-state index in [0.29, 0.717) is 56.9 Å². The third-order valence-corrected chi connectivity index (χ3v) is 22.1. The molecular formula is C70H118N22O14S2. The number of aliphatic imine (C=N–C) groups is 2. The molecule has 26 N–H and O–H groups in total. The first-order chi connectivity index (χ1) is 51.7. The second-order valence-electron chi connectivity index (χ2n) is 27.9. The van der Waals surface area contributed by atoms with E-state index in [4.69, 9.17) is 40.1 Å². The summed E-state index contributed by atoms with van der Waals surface area (Å²) in [5.74, 6) is -13.3. The Bertz CT molecular complexity index is 3230. The van der Waals surface area contributed by atoms with E-state index in [1.807, 2.05) is 0 Å². The topological polar surface area (TPSA) is 588 Å². The normalized spacial score (nSPS) is 26.9. The molecule has 36 nitrogen and oxygen atoms in total. The van der Waals surface area contributed by atoms with Gasteiger partial charge in [-0.25, -0.2) is 0 Å². The van der Waals surface area contributed by atoms with Crippen LogP contribution in [0.3, 0.4) is 0 Å². The number of aliphatic hydroxyl groups excluding tert-OH is 1. The van der Waals surface area contributed by atoms with Gasteiger partial charge in [-0.15, -0.1) is 0 Å². The Kier molecular flexibility index (Phi) is 39.5. The highest BCUT2D eigenvalue weighted by atomic mass is 33.1. The third-order valence-electron chi connectivity index (χ3n) is 19.7. The summed E-state index contributed by atoms with van der Waals surface area (Å²) in [6.07, 6.45) is 3.23. The highest BCUT2D eigenvalue weighted by molar-refractivity contribution is 8.76. The molecule has 2 bridgehead atoms. The van der Waals surface area contributed by atoms with Gasteiger partial charge >= 0.3 is 0 Å². The molecule has 0 saturated carbocycles. The third kappa shape index (κ3) is 28.8. The van der Waals surface area contributed by atoms with Crippen molar-refractivity contribution in [3.63, 3.8) is 0 Å². The van der Waals surface area contributed by atoms with E-state index in [1.165, 1.54) is 9.80 Å². The number of amides is 13. The standard InChI is InChI=1S/C70H118N22O14S2/c1-5-40(3)54-66(104)88-51-39-108-107-38-50(87-60(98)47(26-17-33-79-70(76)77)82-58(96)46(25-16-32-78-69(74)75)81-56(94)43(22-10-13-29-71)83-61(99)48(85-64(51)102)36-42-20-8-7-9-21-42)63(101)84-44(23-11-14-30-72)57(95)80-45(24-12-15-31-73)59(97)86-49(37-93)62(100)90-55(41(4)6-2)68(106)92-35-19-28-53(92)67(105)91-34-18-27-52(91)65(103)89-54/h7-9,20-21,40-41,43-55,93H,5-6,10-19,22-39,71-73H2,1-4H3,(H,80,95)(H,81,94)(H,82,96)(H,83,99)(H,84,101)(H,85,102)(H,86,97)(H,87,98)(H,88,104)(H,89,103)(H,90,100)(H4,74,75,78)(H4,76,77,79)/t40-,41-,43-,44-,45-,46-,47-,48-,49-,50-,51-,52-,53-,54-,55-/m0/s1. The van der Waals surface area contributed by atoms with E-state index >= 15 is 24.0 Å². The quantitative estimate of drug-likeness (QED) is 0.0171. The van der Waals surface area contributed by atoms with Crippen molar-refractivity contribution in [2.45, 2.75) is 235 Å². The van der Waals surface area contributed by atoms with E-state index in [-0.39, 0.29) is 146 Å². The molecule has 1 aromatic rings. The molecule has 4 fully saturated rings. The molecule has 0 aliphatic carbocycles. The summed E-state index contributed by atoms with van der Waals surface area (Å²) in [5, 5.41) is 41.1. The lowest BCUT2D eigenvalue weighted by atomic mass is 9.96. The van der Waals surface area contributed by atoms with Crippen LogP contribution in [0.5, 0.6) is 0 Å². The van der Waals surface area contributed by atoms with E-state index in [2.05, 4.69) is 68.5 Å². The van der Waals surface area contributed by atoms with E-state index in [1.54, 1.807) is 58.0 Å². The van der Waals surface area contributed by atoms with Crippen molar-refractivity contribution in [1.82, 2.24) is 68.3 Å². The zero-order valence-corrected chi connectivity index (χ0v) is 64.3. The molecule has 108 heavy (non-hydrogen) atoms. The molecule has 4 heterocycles. The van der Waals surface area contributed by atoms with Gasteiger partial charge in [0.1, 0.15) is 78.5 Å². The maximum atomic E-state index is 15.4. The van der Waals surface area contributed by atoms with Crippen LogP contribution in [0.1, 0.15) is 155 Å². The van der Waals surface area contributed by atoms with E-state index in [0.717, 1.165) is 21.6 Å². The van der Waals surface area contributed by atoms with E-state index < -0.39 is 174 Å². The molecule has 4 aliphatic rings. The summed E-state index contributed by atoms with van der Waals surface area (Å²) >= 11 is 0. The molecule has 13 amide bonds. The smallest absolute Gasteiger partial charge is 0.246 e. The molecular weight excluding hydrogens is 1440 g/mol. The number of unbranched alkanes of at least 4 members (excludes halogenated alkanes) is 3. The molecule has 604 valence electrons. The second kappa shape index (κ2) is 47.4. The molecule has 0 spiro atoms. The average molecular weight is 1560 g/mol. The van der Waals surface area contributed by atoms with Gasteiger partial charge in [0.2, 0.25) is 76.8 Å². The van der Waals surface area contributed by atoms with Gasteiger partial charge in [0, 0.05) is 44.1 Å². The number of carbonyl (C=O) groups is 13. The Balaban J connectivity index is 1.75. The van der Waals surface area contributed by atoms with Crippen molar-refractivity contribution in [3.05, 3.63) is 35.9 Å². The predicted molar refractivity (Wildman–Crippen MR) is 410 cm³/mol. The summed E-state index contributed by atoms with van der Waals surface area (Å²) < 4.78 is 0. The van der Waals surface area contributed by atoms with Crippen LogP contribution >= 0.6 is 21.6 Å². The fourth-order valence-electron chi connectivity index (χ4n) is 13.0. The highest BCUT2D eigenvalue weighted by Gasteiger charge is 2.46. The van der Waals surface area contributed by atoms with Crippen molar-refractivity contribution in [1.29, 1.82) is 0 Å². The van der Waals surface area contributed by atoms with Crippen LogP contribution in [-0.2, 0) is 68.7 Å². The van der Waals surface area contributed by atoms with Crippen molar-refractivity contribution < 1.29 is 67.4 Å². The summed E-state index contributed by atoms with van der Waals surface area (Å²) in [6, 6.07) is -9.88. The van der Waals surface area contributed by atoms with E-state index in [9.17, 15) is 43.5 Å². The lowest BCUT2D eigenvalue weighted by molar-refractivity contribution is -0.149. The zero-order valence-electron chi connectivity index (χ0n) is 62.7. The van der Waals surface area contributed by atoms with Crippen LogP contribution in [0.15, 0.2) is 40.3 Å². The number of benzene rings is 1. The van der Waals surface area contributed by atoms with Crippen LogP contribution in [0.25, 0.3) is 0 Å². The second-order valence-corrected chi connectivity index (χ2v) is 30.4. The minimum absolute atomic E-state index is 0.0110. The lowest BCUT2D eigenvalue weighted by Crippen LogP contribution is -2.62. The minimum Gasteiger partial charge on any atom is -0.394 e. The molecule has 38 heteroatoms. The minimum atomic E-state index is -1.69. The van der Waals surface area contributed by atoms with Gasteiger partial charge in [0.25, 0.3) is 0 Å². The number of nitrogens with two attached hydrogens (primary N) is 7. The lowest BCUT2D eigenvalue weighted by Gasteiger charge is -2.35. The number of hydrogen-bond donors (Lipinski definition) is 19. The average Bonchev–Trinajstić information content (AvgIpc) is 1.58. The van der Waals surface area contributed by atoms with Crippen LogP contribution in [0.4, 0.5) is 0 Å². The molecule has 4 saturated heterocycles. The van der Waals surface area contributed by atoms with Gasteiger partial charge in [-0.05, 0) is 146 Å². The summed E-state index contributed by atoms with van der Waals surface area (Å²) in [7, 11) is 1.88. The molecule has 0 unspecified atom stereocenters. The monoisotopic (exact) mass is 1550 g/mol. The Morgan fingerprint density at radius 2 is 0.796 bits per heavy atom. The molecule has 15 atom stereocenters. The summed E-state index contributed by atoms with van der Waals surface area (Å²) in [5.41, 5.74) is 40.9. The molecule has 5 rings (SSSR count). The fraction of sp³-hybridized carbons (Fsp3) is 0.700. The van der Waals surface area contributed by atoms with Gasteiger partial charge in [-0.3, -0.25) is 72.3 Å². The maximum Gasteiger partial charge on any atom is 0.246 e. The number of hydrogen-bond acceptors (Lipinski definition) is 21. The van der Waals surface area contributed by atoms with Crippen LogP contribution in [0.2, 0.25) is 0 Å². The van der Waals surface area contributed by atoms with Crippen LogP contribution in [0, 0.1) is 11.8 Å². The van der Waals surface area contributed by atoms with Crippen LogP contribution in [-0.4, -0.2) is 246 Å². The Morgan fingerprint density at radius 3 is 1.23 bits per heavy atom. The first-order valence-corrected chi connectivity index (χ1v) is 40.2. The summed E-state index contributed by atoms with van der Waals surface area (Å²) in [4.78, 5) is 205. The van der Waals surface area contributed by atoms with Crippen molar-refractivity contribution in [2.75, 3.05) is 63.9 Å². The molecule has 0 radical (unpaired) electrons. The van der Waals surface area contributed by atoms with Crippen molar-refractivity contribution in [2.24, 2.45) is 62.0 Å². The Morgan fingerprint density at radius 1 is 0.435 bits per heavy atom. The Labute approximate surface area is 639 Å². The van der Waals surface area contributed by atoms with Crippen LogP contribution < -0.4 is 98.6 Å². The highest BCUT2D eigenvalue weighted by Crippen LogP contribution is 2.29. The number of nitrogens with zero attached hydrogens (tertiary/aromatic N) is 4. The van der Waals surface area contributed by atoms with Crippen molar-refractivity contribution in [3.8, 4) is 0 Å². The van der Waals surface area contributed by atoms with Gasteiger partial charge in [0.05, 0.1) is 6.61 Å². The van der Waals surface area contributed by atoms with Crippen molar-refractivity contribution >= 4 is 110 Å². The molecule has 1 aromatic carbocycles. The zero-order chi connectivity index (χ0) is 79.4. The van der Waals surface area contributed by atoms with Gasteiger partial charge in [0.15, 0.2) is 11.9 Å². The number of aliphatic hydroxyl groups is 1. The first-order valence-electron chi connectivity index (χ1n) is 37.8. The maximum absolute atomic E-state index is 15.4. The number of guanidine groups is 2. The van der Waals surface area contributed by atoms with Gasteiger partial charge < -0.3 is 114 Å². The number of nitrogens with one attached hydrogen (secondary N) is 11. The molecule has 4 aliphatic heterocycles. The fourth-order valence-corrected chi connectivity index (χ4v) is 15.3. The van der Waals surface area contributed by atoms with Gasteiger partial charge in [-0.2, -0.15) is 0 Å². The largest absolute Gasteiger partial charge is 0.394 e. The Hall–Kier alpha value is -8.59.